The van der Waals surface area contributed by atoms with Gasteiger partial charge < -0.3 is 19.6 Å². The molecule has 8 heteroatoms. The Labute approximate surface area is 129 Å². The number of nitrogens with zero attached hydrogens (tertiary/aromatic N) is 1. The van der Waals surface area contributed by atoms with Crippen LogP contribution in [0.3, 0.4) is 0 Å². The Morgan fingerprint density at radius 1 is 1.52 bits per heavy atom. The number of hydrogen-bond donors (Lipinski definition) is 3. The number of aliphatic hydroxyl groups is 1. The summed E-state index contributed by atoms with van der Waals surface area (Å²) >= 11 is 4.78. The summed E-state index contributed by atoms with van der Waals surface area (Å²) in [6.45, 7) is 9.28. The summed E-state index contributed by atoms with van der Waals surface area (Å²) in [6.07, 6.45) is -1.16. The Bertz CT molecular complexity index is 518. The quantitative estimate of drug-likeness (QED) is 0.722. The summed E-state index contributed by atoms with van der Waals surface area (Å²) in [5.74, 6) is 0.295. The Kier molecular flexibility index (Phi) is 5.91. The molecular weight excluding hydrogens is 294 g/mol. The lowest BCUT2D eigenvalue weighted by Gasteiger charge is -2.26. The highest BCUT2D eigenvalue weighted by Crippen LogP contribution is 2.21. The van der Waals surface area contributed by atoms with E-state index >= 15 is 0 Å². The second kappa shape index (κ2) is 7.04. The Morgan fingerprint density at radius 3 is 2.57 bits per heavy atom. The molecular formula is C13H23N3O4S. The molecule has 3 N–H and O–H groups in total. The zero-order chi connectivity index (χ0) is 16.2. The minimum absolute atomic E-state index is 0.0432. The molecule has 0 saturated carbocycles. The number of aromatic amines is 1. The van der Waals surface area contributed by atoms with Crippen molar-refractivity contribution >= 4 is 18.3 Å². The molecule has 120 valence electrons. The number of carbonyl (C=O) groups is 1. The Balaban J connectivity index is 2.80. The molecule has 1 rings (SSSR count). The summed E-state index contributed by atoms with van der Waals surface area (Å²) in [5.41, 5.74) is -0.609. The minimum atomic E-state index is -1.10. The number of nitrogens with one attached hydrogen (secondary N) is 2. The third-order valence-corrected chi connectivity index (χ3v) is 2.69. The van der Waals surface area contributed by atoms with Gasteiger partial charge in [0.15, 0.2) is 6.10 Å². The number of amides is 1. The molecule has 1 heterocycles. The van der Waals surface area contributed by atoms with Crippen molar-refractivity contribution in [2.24, 2.45) is 5.92 Å². The maximum Gasteiger partial charge on any atom is 0.407 e. The van der Waals surface area contributed by atoms with Crippen molar-refractivity contribution in [3.8, 4) is 0 Å². The van der Waals surface area contributed by atoms with Gasteiger partial charge in [0.1, 0.15) is 5.60 Å². The average molecular weight is 317 g/mol. The van der Waals surface area contributed by atoms with Gasteiger partial charge in [-0.3, -0.25) is 0 Å². The minimum Gasteiger partial charge on any atom is -0.444 e. The van der Waals surface area contributed by atoms with Gasteiger partial charge in [-0.2, -0.15) is 0 Å². The van der Waals surface area contributed by atoms with Crippen LogP contribution >= 0.6 is 12.2 Å². The van der Waals surface area contributed by atoms with Crippen molar-refractivity contribution in [3.63, 3.8) is 0 Å². The fraction of sp³-hybridized carbons (Fsp3) is 0.769. The number of aliphatic hydroxyl groups excluding tert-OH is 1. The third-order valence-electron chi connectivity index (χ3n) is 2.52. The van der Waals surface area contributed by atoms with Crippen molar-refractivity contribution in [1.29, 1.82) is 0 Å². The van der Waals surface area contributed by atoms with Crippen molar-refractivity contribution in [2.75, 3.05) is 0 Å². The highest BCUT2D eigenvalue weighted by atomic mass is 32.1. The van der Waals surface area contributed by atoms with Gasteiger partial charge in [0, 0.05) is 0 Å². The molecule has 1 aromatic heterocycles. The van der Waals surface area contributed by atoms with E-state index in [2.05, 4.69) is 15.5 Å². The van der Waals surface area contributed by atoms with E-state index in [1.54, 1.807) is 20.8 Å². The van der Waals surface area contributed by atoms with E-state index in [4.69, 9.17) is 21.4 Å². The Hall–Kier alpha value is -1.41. The maximum absolute atomic E-state index is 11.9. The first-order valence-corrected chi connectivity index (χ1v) is 7.22. The molecule has 0 fully saturated rings. The number of aromatic nitrogens is 2. The number of hydrogen-bond acceptors (Lipinski definition) is 6. The second-order valence-electron chi connectivity index (χ2n) is 6.28. The zero-order valence-corrected chi connectivity index (χ0v) is 13.8. The lowest BCUT2D eigenvalue weighted by atomic mass is 9.99. The summed E-state index contributed by atoms with van der Waals surface area (Å²) in [6, 6.07) is -0.582. The van der Waals surface area contributed by atoms with E-state index in [1.807, 2.05) is 13.8 Å². The maximum atomic E-state index is 11.9. The van der Waals surface area contributed by atoms with E-state index in [-0.39, 0.29) is 16.6 Å². The van der Waals surface area contributed by atoms with Crippen LogP contribution in [0.5, 0.6) is 0 Å². The van der Waals surface area contributed by atoms with Crippen LogP contribution in [-0.2, 0) is 4.74 Å². The lowest BCUT2D eigenvalue weighted by molar-refractivity contribution is 0.0364. The van der Waals surface area contributed by atoms with E-state index in [0.717, 1.165) is 0 Å². The van der Waals surface area contributed by atoms with Gasteiger partial charge in [-0.1, -0.05) is 13.8 Å². The molecule has 1 aromatic rings. The van der Waals surface area contributed by atoms with Crippen LogP contribution in [-0.4, -0.2) is 33.0 Å². The molecule has 0 spiro atoms. The van der Waals surface area contributed by atoms with Crippen LogP contribution < -0.4 is 5.32 Å². The van der Waals surface area contributed by atoms with Crippen LogP contribution in [0.25, 0.3) is 0 Å². The predicted octanol–water partition coefficient (Wildman–Crippen LogP) is 2.70. The third kappa shape index (κ3) is 6.26. The van der Waals surface area contributed by atoms with Crippen LogP contribution in [0.4, 0.5) is 4.79 Å². The summed E-state index contributed by atoms with van der Waals surface area (Å²) < 4.78 is 10.3. The molecule has 0 aliphatic rings. The number of rotatable bonds is 5. The van der Waals surface area contributed by atoms with Crippen molar-refractivity contribution in [2.45, 2.75) is 58.8 Å². The van der Waals surface area contributed by atoms with Crippen LogP contribution in [0.1, 0.15) is 53.0 Å². The van der Waals surface area contributed by atoms with Gasteiger partial charge in [0.25, 0.3) is 4.84 Å². The van der Waals surface area contributed by atoms with Crippen LogP contribution in [0.2, 0.25) is 0 Å². The van der Waals surface area contributed by atoms with E-state index in [1.165, 1.54) is 0 Å². The van der Waals surface area contributed by atoms with Gasteiger partial charge in [0.05, 0.1) is 6.04 Å². The molecule has 0 bridgehead atoms. The SMILES string of the molecule is CC(C)C[C@H](NC(=O)OC(C)(C)C)C(O)c1n[nH]c(=S)o1. The standard InChI is InChI=1S/C13H23N3O4S/c1-7(2)6-8(14-11(18)20-13(3,4)5)9(17)10-15-16-12(21)19-10/h7-9,17H,6H2,1-5H3,(H,14,18)(H,16,21)/t8-,9?/m0/s1. The molecule has 7 nitrogen and oxygen atoms in total. The zero-order valence-electron chi connectivity index (χ0n) is 13.0. The summed E-state index contributed by atoms with van der Waals surface area (Å²) in [7, 11) is 0. The summed E-state index contributed by atoms with van der Waals surface area (Å²) in [4.78, 5) is 11.9. The van der Waals surface area contributed by atoms with Crippen molar-refractivity contribution < 1.29 is 19.1 Å². The van der Waals surface area contributed by atoms with Gasteiger partial charge in [0.2, 0.25) is 5.89 Å². The molecule has 1 amide bonds. The molecule has 0 aromatic carbocycles. The van der Waals surface area contributed by atoms with Gasteiger partial charge in [-0.25, -0.2) is 9.89 Å². The molecule has 0 aliphatic heterocycles. The highest BCUT2D eigenvalue weighted by Gasteiger charge is 2.29. The van der Waals surface area contributed by atoms with E-state index in [9.17, 15) is 9.90 Å². The number of ether oxygens (including phenoxy) is 1. The largest absolute Gasteiger partial charge is 0.444 e. The fourth-order valence-corrected chi connectivity index (χ4v) is 1.90. The predicted molar refractivity (Wildman–Crippen MR) is 79.3 cm³/mol. The summed E-state index contributed by atoms with van der Waals surface area (Å²) in [5, 5.41) is 19.2. The number of carbonyl (C=O) groups excluding carboxylic acids is 1. The molecule has 2 atom stereocenters. The molecule has 1 unspecified atom stereocenters. The monoisotopic (exact) mass is 317 g/mol. The van der Waals surface area contributed by atoms with Gasteiger partial charge in [-0.15, -0.1) is 5.10 Å². The first-order valence-electron chi connectivity index (χ1n) is 6.81. The van der Waals surface area contributed by atoms with E-state index < -0.39 is 23.8 Å². The van der Waals surface area contributed by atoms with Crippen molar-refractivity contribution in [1.82, 2.24) is 15.5 Å². The first kappa shape index (κ1) is 17.6. The highest BCUT2D eigenvalue weighted by molar-refractivity contribution is 7.71. The first-order chi connectivity index (χ1) is 9.58. The smallest absolute Gasteiger partial charge is 0.407 e. The molecule has 0 saturated heterocycles. The fourth-order valence-electron chi connectivity index (χ4n) is 1.77. The topological polar surface area (TPSA) is 100 Å². The number of H-pyrrole nitrogens is 1. The normalized spacial score (nSPS) is 14.8. The van der Waals surface area contributed by atoms with Crippen molar-refractivity contribution in [3.05, 3.63) is 10.7 Å². The average Bonchev–Trinajstić information content (AvgIpc) is 2.70. The molecule has 0 aliphatic carbocycles. The Morgan fingerprint density at radius 2 is 2.14 bits per heavy atom. The van der Waals surface area contributed by atoms with Crippen LogP contribution in [0, 0.1) is 10.8 Å². The van der Waals surface area contributed by atoms with Gasteiger partial charge >= 0.3 is 6.09 Å². The van der Waals surface area contributed by atoms with E-state index in [0.29, 0.717) is 6.42 Å². The molecule has 21 heavy (non-hydrogen) atoms. The second-order valence-corrected chi connectivity index (χ2v) is 6.65. The van der Waals surface area contributed by atoms with Gasteiger partial charge in [-0.05, 0) is 45.3 Å². The number of alkyl carbamates (subject to hydrolysis) is 1. The molecule has 0 radical (unpaired) electrons. The lowest BCUT2D eigenvalue weighted by Crippen LogP contribution is -2.43. The van der Waals surface area contributed by atoms with Crippen LogP contribution in [0.15, 0.2) is 4.42 Å².